The Kier molecular flexibility index (Phi) is 9.15. The molecule has 0 heterocycles. The molecule has 1 fully saturated rings. The summed E-state index contributed by atoms with van der Waals surface area (Å²) < 4.78 is 0. The molecule has 0 aliphatic heterocycles. The van der Waals surface area contributed by atoms with E-state index in [1.54, 1.807) is 0 Å². The summed E-state index contributed by atoms with van der Waals surface area (Å²) in [5.41, 5.74) is 6.06. The van der Waals surface area contributed by atoms with Crippen molar-refractivity contribution in [3.63, 3.8) is 0 Å². The molecule has 0 bridgehead atoms. The van der Waals surface area contributed by atoms with Crippen molar-refractivity contribution in [3.8, 4) is 0 Å². The van der Waals surface area contributed by atoms with Gasteiger partial charge in [0.2, 0.25) is 0 Å². The molecule has 2 nitrogen and oxygen atoms in total. The molecule has 2 atom stereocenters. The van der Waals surface area contributed by atoms with E-state index in [4.69, 9.17) is 5.73 Å². The highest BCUT2D eigenvalue weighted by atomic mass is 16.1. The van der Waals surface area contributed by atoms with Crippen LogP contribution in [-0.2, 0) is 4.79 Å². The predicted octanol–water partition coefficient (Wildman–Crippen LogP) is 4.60. The van der Waals surface area contributed by atoms with Crippen molar-refractivity contribution in [2.24, 2.45) is 11.7 Å². The Hall–Kier alpha value is -0.370. The van der Waals surface area contributed by atoms with Gasteiger partial charge >= 0.3 is 0 Å². The minimum Gasteiger partial charge on any atom is -0.327 e. The molecule has 0 spiro atoms. The van der Waals surface area contributed by atoms with Gasteiger partial charge in [-0.05, 0) is 19.3 Å². The van der Waals surface area contributed by atoms with Gasteiger partial charge in [-0.1, -0.05) is 64.7 Å². The minimum absolute atomic E-state index is 0.148. The van der Waals surface area contributed by atoms with Gasteiger partial charge in [-0.3, -0.25) is 4.79 Å². The second-order valence-corrected chi connectivity index (χ2v) is 6.25. The Morgan fingerprint density at radius 3 is 2.16 bits per heavy atom. The van der Waals surface area contributed by atoms with Crippen molar-refractivity contribution in [3.05, 3.63) is 0 Å². The highest BCUT2D eigenvalue weighted by molar-refractivity contribution is 5.81. The highest BCUT2D eigenvalue weighted by Crippen LogP contribution is 2.25. The van der Waals surface area contributed by atoms with E-state index in [0.717, 1.165) is 25.7 Å². The number of carbonyl (C=O) groups is 1. The molecule has 112 valence electrons. The summed E-state index contributed by atoms with van der Waals surface area (Å²) in [6, 6.07) is 0.148. The first-order valence-electron chi connectivity index (χ1n) is 8.54. The molecule has 1 aliphatic rings. The summed E-state index contributed by atoms with van der Waals surface area (Å²) in [7, 11) is 0. The lowest BCUT2D eigenvalue weighted by atomic mass is 9.81. The number of carbonyl (C=O) groups excluding carboxylic acids is 1. The fourth-order valence-corrected chi connectivity index (χ4v) is 3.18. The molecule has 1 saturated carbocycles. The first kappa shape index (κ1) is 16.7. The van der Waals surface area contributed by atoms with Gasteiger partial charge < -0.3 is 5.73 Å². The first-order chi connectivity index (χ1) is 9.25. The zero-order valence-electron chi connectivity index (χ0n) is 12.8. The third kappa shape index (κ3) is 7.10. The molecule has 0 aromatic rings. The molecule has 1 rings (SSSR count). The van der Waals surface area contributed by atoms with Crippen molar-refractivity contribution >= 4 is 5.78 Å². The third-order valence-corrected chi connectivity index (χ3v) is 4.51. The van der Waals surface area contributed by atoms with Gasteiger partial charge in [-0.2, -0.15) is 0 Å². The summed E-state index contributed by atoms with van der Waals surface area (Å²) in [5.74, 6) is 0.622. The largest absolute Gasteiger partial charge is 0.327 e. The molecule has 0 amide bonds. The number of unbranched alkanes of at least 4 members (excludes halogenated alkanes) is 7. The molecule has 19 heavy (non-hydrogen) atoms. The van der Waals surface area contributed by atoms with E-state index in [1.165, 1.54) is 57.8 Å². The van der Waals surface area contributed by atoms with E-state index >= 15 is 0 Å². The van der Waals surface area contributed by atoms with Crippen molar-refractivity contribution in [2.75, 3.05) is 0 Å². The first-order valence-corrected chi connectivity index (χ1v) is 8.54. The van der Waals surface area contributed by atoms with Crippen LogP contribution in [0.4, 0.5) is 0 Å². The lowest BCUT2D eigenvalue weighted by Crippen LogP contribution is -2.37. The molecule has 0 aromatic carbocycles. The van der Waals surface area contributed by atoms with Crippen LogP contribution >= 0.6 is 0 Å². The van der Waals surface area contributed by atoms with Crippen LogP contribution in [0.15, 0.2) is 0 Å². The van der Waals surface area contributed by atoms with Crippen molar-refractivity contribution in [2.45, 2.75) is 96.4 Å². The molecule has 2 unspecified atom stereocenters. The van der Waals surface area contributed by atoms with E-state index in [-0.39, 0.29) is 12.0 Å². The second-order valence-electron chi connectivity index (χ2n) is 6.25. The average Bonchev–Trinajstić information content (AvgIpc) is 2.42. The number of hydrogen-bond acceptors (Lipinski definition) is 2. The van der Waals surface area contributed by atoms with Crippen molar-refractivity contribution in [1.29, 1.82) is 0 Å². The van der Waals surface area contributed by atoms with Crippen LogP contribution in [0.3, 0.4) is 0 Å². The number of nitrogens with two attached hydrogens (primary N) is 1. The van der Waals surface area contributed by atoms with E-state index in [2.05, 4.69) is 6.92 Å². The Bertz CT molecular complexity index is 239. The van der Waals surface area contributed by atoms with E-state index in [1.807, 2.05) is 0 Å². The molecule has 1 aliphatic carbocycles. The number of rotatable bonds is 10. The van der Waals surface area contributed by atoms with Gasteiger partial charge in [0.15, 0.2) is 0 Å². The van der Waals surface area contributed by atoms with Gasteiger partial charge in [-0.15, -0.1) is 0 Å². The zero-order valence-corrected chi connectivity index (χ0v) is 12.8. The lowest BCUT2D eigenvalue weighted by molar-refractivity contribution is -0.124. The monoisotopic (exact) mass is 267 g/mol. The molecule has 2 heteroatoms. The van der Waals surface area contributed by atoms with Crippen LogP contribution in [0.5, 0.6) is 0 Å². The summed E-state index contributed by atoms with van der Waals surface area (Å²) in [5, 5.41) is 0. The predicted molar refractivity (Wildman–Crippen MR) is 82.2 cm³/mol. The van der Waals surface area contributed by atoms with Gasteiger partial charge in [0, 0.05) is 18.4 Å². The van der Waals surface area contributed by atoms with E-state index in [9.17, 15) is 4.79 Å². The van der Waals surface area contributed by atoms with Gasteiger partial charge in [0.05, 0.1) is 0 Å². The van der Waals surface area contributed by atoms with Crippen LogP contribution in [0, 0.1) is 5.92 Å². The van der Waals surface area contributed by atoms with Crippen LogP contribution in [-0.4, -0.2) is 11.8 Å². The summed E-state index contributed by atoms with van der Waals surface area (Å²) in [4.78, 5) is 12.1. The SMILES string of the molecule is CCCCCCCCCCC(=O)C1CCCCC1N. The normalized spacial score (nSPS) is 23.5. The van der Waals surface area contributed by atoms with Crippen molar-refractivity contribution in [1.82, 2.24) is 0 Å². The third-order valence-electron chi connectivity index (χ3n) is 4.51. The van der Waals surface area contributed by atoms with Crippen LogP contribution in [0.25, 0.3) is 0 Å². The molecule has 2 N–H and O–H groups in total. The van der Waals surface area contributed by atoms with Crippen LogP contribution in [0.2, 0.25) is 0 Å². The minimum atomic E-state index is 0.148. The standard InChI is InChI=1S/C17H33NO/c1-2-3-4-5-6-7-8-9-14-17(19)15-12-10-11-13-16(15)18/h15-16H,2-14,18H2,1H3. The Morgan fingerprint density at radius 1 is 0.947 bits per heavy atom. The molecule has 0 radical (unpaired) electrons. The van der Waals surface area contributed by atoms with Crippen LogP contribution in [0.1, 0.15) is 90.4 Å². The summed E-state index contributed by atoms with van der Waals surface area (Å²) in [6.07, 6.45) is 15.7. The summed E-state index contributed by atoms with van der Waals surface area (Å²) >= 11 is 0. The molecular weight excluding hydrogens is 234 g/mol. The Labute approximate surface area is 119 Å². The Morgan fingerprint density at radius 2 is 1.53 bits per heavy atom. The van der Waals surface area contributed by atoms with E-state index in [0.29, 0.717) is 5.78 Å². The number of ketones is 1. The van der Waals surface area contributed by atoms with Crippen molar-refractivity contribution < 1.29 is 4.79 Å². The van der Waals surface area contributed by atoms with Crippen LogP contribution < -0.4 is 5.73 Å². The molecule has 0 aromatic heterocycles. The van der Waals surface area contributed by atoms with E-state index < -0.39 is 0 Å². The fraction of sp³-hybridized carbons (Fsp3) is 0.941. The lowest BCUT2D eigenvalue weighted by Gasteiger charge is -2.27. The summed E-state index contributed by atoms with van der Waals surface area (Å²) in [6.45, 7) is 2.25. The average molecular weight is 267 g/mol. The molecular formula is C17H33NO. The number of hydrogen-bond donors (Lipinski definition) is 1. The second kappa shape index (κ2) is 10.4. The quantitative estimate of drug-likeness (QED) is 0.588. The maximum Gasteiger partial charge on any atom is 0.137 e. The van der Waals surface area contributed by atoms with Gasteiger partial charge in [-0.25, -0.2) is 0 Å². The topological polar surface area (TPSA) is 43.1 Å². The van der Waals surface area contributed by atoms with Gasteiger partial charge in [0.25, 0.3) is 0 Å². The fourth-order valence-electron chi connectivity index (χ4n) is 3.18. The maximum absolute atomic E-state index is 12.1. The number of Topliss-reactive ketones (excluding diaryl/α,β-unsaturated/α-hetero) is 1. The van der Waals surface area contributed by atoms with Gasteiger partial charge in [0.1, 0.15) is 5.78 Å². The maximum atomic E-state index is 12.1. The highest BCUT2D eigenvalue weighted by Gasteiger charge is 2.27. The zero-order chi connectivity index (χ0) is 13.9. The molecule has 0 saturated heterocycles. The Balaban J connectivity index is 1.98. The smallest absolute Gasteiger partial charge is 0.137 e.